The number of benzene rings is 2. The van der Waals surface area contributed by atoms with Gasteiger partial charge in [-0.1, -0.05) is 30.3 Å². The molecule has 0 radical (unpaired) electrons. The summed E-state index contributed by atoms with van der Waals surface area (Å²) >= 11 is 0. The van der Waals surface area contributed by atoms with E-state index in [0.29, 0.717) is 11.6 Å². The van der Waals surface area contributed by atoms with E-state index in [4.69, 9.17) is 0 Å². The van der Waals surface area contributed by atoms with Crippen molar-refractivity contribution < 1.29 is 4.92 Å². The van der Waals surface area contributed by atoms with Crippen LogP contribution in [0.1, 0.15) is 16.7 Å². The average Bonchev–Trinajstić information content (AvgIpc) is 2.82. The predicted molar refractivity (Wildman–Crippen MR) is 79.1 cm³/mol. The lowest BCUT2D eigenvalue weighted by molar-refractivity contribution is -0.385. The topological polar surface area (TPSA) is 55.2 Å². The number of nitro benzene ring substituents is 1. The number of fused-ring (bicyclic) bond motifs is 1. The Morgan fingerprint density at radius 2 is 1.80 bits per heavy atom. The summed E-state index contributed by atoms with van der Waals surface area (Å²) < 4.78 is 0. The molecule has 2 aromatic carbocycles. The zero-order valence-electron chi connectivity index (χ0n) is 11.3. The predicted octanol–water partition coefficient (Wildman–Crippen LogP) is 3.48. The molecule has 0 unspecified atom stereocenters. The van der Waals surface area contributed by atoms with Crippen molar-refractivity contribution >= 4 is 11.4 Å². The summed E-state index contributed by atoms with van der Waals surface area (Å²) in [5.41, 5.74) is 4.42. The van der Waals surface area contributed by atoms with E-state index in [1.54, 1.807) is 19.1 Å². The second kappa shape index (κ2) is 4.96. The minimum atomic E-state index is -0.329. The third-order valence-electron chi connectivity index (χ3n) is 3.83. The molecule has 0 heterocycles. The maximum atomic E-state index is 11.0. The van der Waals surface area contributed by atoms with Gasteiger partial charge in [-0.15, -0.1) is 0 Å². The van der Waals surface area contributed by atoms with Gasteiger partial charge in [-0.3, -0.25) is 10.1 Å². The van der Waals surface area contributed by atoms with Crippen LogP contribution in [0.5, 0.6) is 0 Å². The van der Waals surface area contributed by atoms with Crippen molar-refractivity contribution in [3.05, 3.63) is 69.3 Å². The number of hydrogen-bond acceptors (Lipinski definition) is 3. The molecule has 0 bridgehead atoms. The van der Waals surface area contributed by atoms with Crippen molar-refractivity contribution in [1.29, 1.82) is 0 Å². The number of nitrogens with one attached hydrogen (secondary N) is 1. The van der Waals surface area contributed by atoms with E-state index >= 15 is 0 Å². The summed E-state index contributed by atoms with van der Waals surface area (Å²) in [6, 6.07) is 14.0. The summed E-state index contributed by atoms with van der Waals surface area (Å²) in [6.45, 7) is 1.76. The SMILES string of the molecule is Cc1ccc(NC2Cc3ccccc3C2)cc1[N+](=O)[O-]. The molecule has 102 valence electrons. The third kappa shape index (κ3) is 2.37. The van der Waals surface area contributed by atoms with E-state index in [0.717, 1.165) is 18.5 Å². The van der Waals surface area contributed by atoms with Gasteiger partial charge in [0.15, 0.2) is 0 Å². The lowest BCUT2D eigenvalue weighted by atomic mass is 10.1. The lowest BCUT2D eigenvalue weighted by Crippen LogP contribution is -2.19. The maximum Gasteiger partial charge on any atom is 0.274 e. The molecule has 1 aliphatic rings. The molecular formula is C16H16N2O2. The van der Waals surface area contributed by atoms with Crippen LogP contribution < -0.4 is 5.32 Å². The quantitative estimate of drug-likeness (QED) is 0.685. The van der Waals surface area contributed by atoms with Crippen molar-refractivity contribution in [2.75, 3.05) is 5.32 Å². The fraction of sp³-hybridized carbons (Fsp3) is 0.250. The molecule has 0 amide bonds. The fourth-order valence-electron chi connectivity index (χ4n) is 2.79. The van der Waals surface area contributed by atoms with Crippen LogP contribution in [-0.4, -0.2) is 11.0 Å². The molecule has 0 atom stereocenters. The van der Waals surface area contributed by atoms with Crippen molar-refractivity contribution in [2.24, 2.45) is 0 Å². The van der Waals surface area contributed by atoms with Crippen molar-refractivity contribution in [1.82, 2.24) is 0 Å². The highest BCUT2D eigenvalue weighted by atomic mass is 16.6. The zero-order valence-corrected chi connectivity index (χ0v) is 11.3. The van der Waals surface area contributed by atoms with E-state index in [2.05, 4.69) is 29.6 Å². The molecule has 0 aromatic heterocycles. The van der Waals surface area contributed by atoms with Gasteiger partial charge in [0.25, 0.3) is 5.69 Å². The first-order valence-electron chi connectivity index (χ1n) is 6.72. The molecule has 0 spiro atoms. The Labute approximate surface area is 117 Å². The summed E-state index contributed by atoms with van der Waals surface area (Å²) in [5, 5.41) is 14.4. The first kappa shape index (κ1) is 12.7. The zero-order chi connectivity index (χ0) is 14.1. The minimum Gasteiger partial charge on any atom is -0.381 e. The largest absolute Gasteiger partial charge is 0.381 e. The summed E-state index contributed by atoms with van der Waals surface area (Å²) in [5.74, 6) is 0. The van der Waals surface area contributed by atoms with Crippen LogP contribution in [0.3, 0.4) is 0 Å². The van der Waals surface area contributed by atoms with Gasteiger partial charge in [-0.2, -0.15) is 0 Å². The number of nitro groups is 1. The third-order valence-corrected chi connectivity index (χ3v) is 3.83. The second-order valence-electron chi connectivity index (χ2n) is 5.28. The molecule has 20 heavy (non-hydrogen) atoms. The van der Waals surface area contributed by atoms with Crippen LogP contribution >= 0.6 is 0 Å². The monoisotopic (exact) mass is 268 g/mol. The number of rotatable bonds is 3. The van der Waals surface area contributed by atoms with E-state index in [9.17, 15) is 10.1 Å². The summed E-state index contributed by atoms with van der Waals surface area (Å²) in [4.78, 5) is 10.6. The van der Waals surface area contributed by atoms with Crippen molar-refractivity contribution in [2.45, 2.75) is 25.8 Å². The lowest BCUT2D eigenvalue weighted by Gasteiger charge is -2.13. The van der Waals surface area contributed by atoms with Gasteiger partial charge in [0.1, 0.15) is 0 Å². The number of anilines is 1. The number of aryl methyl sites for hydroxylation is 1. The molecule has 0 saturated carbocycles. The highest BCUT2D eigenvalue weighted by Gasteiger charge is 2.21. The number of hydrogen-bond donors (Lipinski definition) is 1. The molecule has 4 heteroatoms. The van der Waals surface area contributed by atoms with Gasteiger partial charge in [0.05, 0.1) is 4.92 Å². The average molecular weight is 268 g/mol. The molecular weight excluding hydrogens is 252 g/mol. The standard InChI is InChI=1S/C16H16N2O2/c1-11-6-7-14(10-16(11)18(19)20)17-15-8-12-4-2-3-5-13(12)9-15/h2-7,10,15,17H,8-9H2,1H3. The van der Waals surface area contributed by atoms with Crippen LogP contribution in [0.25, 0.3) is 0 Å². The minimum absolute atomic E-state index is 0.172. The van der Waals surface area contributed by atoms with Gasteiger partial charge < -0.3 is 5.32 Å². The highest BCUT2D eigenvalue weighted by molar-refractivity contribution is 5.56. The van der Waals surface area contributed by atoms with Crippen LogP contribution in [0.4, 0.5) is 11.4 Å². The van der Waals surface area contributed by atoms with Crippen LogP contribution in [0.15, 0.2) is 42.5 Å². The van der Waals surface area contributed by atoms with Crippen LogP contribution in [-0.2, 0) is 12.8 Å². The Morgan fingerprint density at radius 1 is 1.15 bits per heavy atom. The van der Waals surface area contributed by atoms with Gasteiger partial charge >= 0.3 is 0 Å². The Hall–Kier alpha value is -2.36. The molecule has 1 aliphatic carbocycles. The molecule has 3 rings (SSSR count). The molecule has 0 fully saturated rings. The molecule has 2 aromatic rings. The summed E-state index contributed by atoms with van der Waals surface area (Å²) in [7, 11) is 0. The molecule has 4 nitrogen and oxygen atoms in total. The second-order valence-corrected chi connectivity index (χ2v) is 5.28. The smallest absolute Gasteiger partial charge is 0.274 e. The Bertz CT molecular complexity index is 642. The van der Waals surface area contributed by atoms with Crippen LogP contribution in [0.2, 0.25) is 0 Å². The molecule has 0 aliphatic heterocycles. The van der Waals surface area contributed by atoms with E-state index in [-0.39, 0.29) is 10.6 Å². The van der Waals surface area contributed by atoms with E-state index in [1.807, 2.05) is 6.07 Å². The highest BCUT2D eigenvalue weighted by Crippen LogP contribution is 2.27. The Kier molecular flexibility index (Phi) is 3.14. The van der Waals surface area contributed by atoms with Gasteiger partial charge in [0, 0.05) is 23.4 Å². The Balaban J connectivity index is 1.77. The maximum absolute atomic E-state index is 11.0. The van der Waals surface area contributed by atoms with Crippen LogP contribution in [0, 0.1) is 17.0 Å². The molecule has 1 N–H and O–H groups in total. The fourth-order valence-corrected chi connectivity index (χ4v) is 2.79. The van der Waals surface area contributed by atoms with E-state index in [1.165, 1.54) is 11.1 Å². The first-order chi connectivity index (χ1) is 9.63. The normalized spacial score (nSPS) is 14.1. The van der Waals surface area contributed by atoms with Crippen molar-refractivity contribution in [3.8, 4) is 0 Å². The first-order valence-corrected chi connectivity index (χ1v) is 6.72. The summed E-state index contributed by atoms with van der Waals surface area (Å²) in [6.07, 6.45) is 1.94. The van der Waals surface area contributed by atoms with E-state index < -0.39 is 0 Å². The number of nitrogens with zero attached hydrogens (tertiary/aromatic N) is 1. The van der Waals surface area contributed by atoms with Gasteiger partial charge in [-0.05, 0) is 37.0 Å². The Morgan fingerprint density at radius 3 is 2.40 bits per heavy atom. The van der Waals surface area contributed by atoms with Crippen molar-refractivity contribution in [3.63, 3.8) is 0 Å². The molecule has 0 saturated heterocycles. The van der Waals surface area contributed by atoms with Gasteiger partial charge in [0.2, 0.25) is 0 Å². The van der Waals surface area contributed by atoms with Gasteiger partial charge in [-0.25, -0.2) is 0 Å².